The zero-order chi connectivity index (χ0) is 16.8. The number of nitrogens with one attached hydrogen (secondary N) is 1. The van der Waals surface area contributed by atoms with Gasteiger partial charge in [-0.05, 0) is 49.9 Å². The van der Waals surface area contributed by atoms with Crippen LogP contribution < -0.4 is 10.1 Å². The fourth-order valence-corrected chi connectivity index (χ4v) is 4.11. The second-order valence-electron chi connectivity index (χ2n) is 7.12. The predicted octanol–water partition coefficient (Wildman–Crippen LogP) is 3.67. The summed E-state index contributed by atoms with van der Waals surface area (Å²) in [7, 11) is 1.71. The third-order valence-electron chi connectivity index (χ3n) is 5.44. The van der Waals surface area contributed by atoms with Crippen molar-refractivity contribution < 1.29 is 9.53 Å². The van der Waals surface area contributed by atoms with E-state index in [1.54, 1.807) is 7.11 Å². The Morgan fingerprint density at radius 2 is 2.04 bits per heavy atom. The first-order valence-electron chi connectivity index (χ1n) is 9.43. The number of nitrogens with zero attached hydrogens (tertiary/aromatic N) is 1. The van der Waals surface area contributed by atoms with Crippen LogP contribution in [0.25, 0.3) is 0 Å². The minimum Gasteiger partial charge on any atom is -0.497 e. The van der Waals surface area contributed by atoms with E-state index in [1.165, 1.54) is 31.2 Å². The average molecular weight is 330 g/mol. The Balaban J connectivity index is 1.51. The molecule has 0 unspecified atom stereocenters. The molecule has 1 N–H and O–H groups in total. The van der Waals surface area contributed by atoms with Crippen LogP contribution in [0.3, 0.4) is 0 Å². The largest absolute Gasteiger partial charge is 0.497 e. The van der Waals surface area contributed by atoms with Crippen LogP contribution in [-0.2, 0) is 4.79 Å². The van der Waals surface area contributed by atoms with E-state index in [0.717, 1.165) is 38.1 Å². The molecule has 1 aromatic carbocycles. The summed E-state index contributed by atoms with van der Waals surface area (Å²) in [5.74, 6) is 1.13. The first kappa shape index (κ1) is 17.3. The van der Waals surface area contributed by atoms with E-state index in [1.807, 2.05) is 6.07 Å². The maximum Gasteiger partial charge on any atom is 0.221 e. The highest BCUT2D eigenvalue weighted by molar-refractivity contribution is 5.76. The number of likely N-dealkylation sites (tertiary alicyclic amines) is 1. The van der Waals surface area contributed by atoms with E-state index < -0.39 is 0 Å². The molecule has 1 heterocycles. The average Bonchev–Trinajstić information content (AvgIpc) is 3.09. The van der Waals surface area contributed by atoms with Crippen LogP contribution in [0.4, 0.5) is 0 Å². The predicted molar refractivity (Wildman–Crippen MR) is 96.2 cm³/mol. The number of benzene rings is 1. The first-order chi connectivity index (χ1) is 11.8. The Morgan fingerprint density at radius 1 is 1.21 bits per heavy atom. The van der Waals surface area contributed by atoms with Crippen molar-refractivity contribution in [2.45, 2.75) is 63.5 Å². The van der Waals surface area contributed by atoms with Crippen molar-refractivity contribution in [3.63, 3.8) is 0 Å². The van der Waals surface area contributed by atoms with Crippen LogP contribution in [0.15, 0.2) is 24.3 Å². The summed E-state index contributed by atoms with van der Waals surface area (Å²) < 4.78 is 5.35. The number of ether oxygens (including phenoxy) is 1. The van der Waals surface area contributed by atoms with Gasteiger partial charge in [-0.15, -0.1) is 0 Å². The van der Waals surface area contributed by atoms with Gasteiger partial charge < -0.3 is 10.1 Å². The molecule has 1 saturated carbocycles. The molecule has 1 aromatic rings. The summed E-state index contributed by atoms with van der Waals surface area (Å²) in [5, 5.41) is 3.23. The van der Waals surface area contributed by atoms with Gasteiger partial charge in [0.05, 0.1) is 7.11 Å². The normalized spacial score (nSPS) is 22.5. The second-order valence-corrected chi connectivity index (χ2v) is 7.12. The molecule has 2 fully saturated rings. The van der Waals surface area contributed by atoms with Crippen LogP contribution in [0.1, 0.15) is 63.0 Å². The summed E-state index contributed by atoms with van der Waals surface area (Å²) in [6.07, 6.45) is 9.12. The van der Waals surface area contributed by atoms with Crippen molar-refractivity contribution in [2.75, 3.05) is 20.2 Å². The Morgan fingerprint density at radius 3 is 2.83 bits per heavy atom. The number of methoxy groups -OCH3 is 1. The van der Waals surface area contributed by atoms with Crippen LogP contribution in [-0.4, -0.2) is 37.0 Å². The van der Waals surface area contributed by atoms with E-state index in [2.05, 4.69) is 28.4 Å². The highest BCUT2D eigenvalue weighted by atomic mass is 16.5. The lowest BCUT2D eigenvalue weighted by molar-refractivity contribution is -0.122. The molecule has 4 heteroatoms. The van der Waals surface area contributed by atoms with Gasteiger partial charge in [-0.3, -0.25) is 9.69 Å². The van der Waals surface area contributed by atoms with Crippen LogP contribution in [0.2, 0.25) is 0 Å². The van der Waals surface area contributed by atoms with Gasteiger partial charge in [0.2, 0.25) is 5.91 Å². The summed E-state index contributed by atoms with van der Waals surface area (Å²) in [4.78, 5) is 14.7. The highest BCUT2D eigenvalue weighted by Gasteiger charge is 2.26. The monoisotopic (exact) mass is 330 g/mol. The maximum atomic E-state index is 12.3. The van der Waals surface area contributed by atoms with Gasteiger partial charge in [0, 0.05) is 25.0 Å². The van der Waals surface area contributed by atoms with Crippen molar-refractivity contribution in [3.8, 4) is 5.75 Å². The number of carbonyl (C=O) groups is 1. The van der Waals surface area contributed by atoms with Gasteiger partial charge in [0.1, 0.15) is 5.75 Å². The van der Waals surface area contributed by atoms with Crippen LogP contribution in [0, 0.1) is 0 Å². The molecule has 3 rings (SSSR count). The minimum atomic E-state index is 0.221. The molecule has 2 aliphatic rings. The maximum absolute atomic E-state index is 12.3. The SMILES string of the molecule is COc1cccc([C@@H]2CCCN2CCC(=O)NC2CCCCC2)c1. The molecule has 1 aliphatic carbocycles. The standard InChI is InChI=1S/C20H30N2O2/c1-24-18-10-5-7-16(15-18)19-11-6-13-22(19)14-12-20(23)21-17-8-3-2-4-9-17/h5,7,10,15,17,19H,2-4,6,8-9,11-14H2,1H3,(H,21,23)/t19-/m0/s1. The zero-order valence-electron chi connectivity index (χ0n) is 14.8. The molecule has 0 aromatic heterocycles. The van der Waals surface area contributed by atoms with Gasteiger partial charge >= 0.3 is 0 Å². The van der Waals surface area contributed by atoms with Crippen molar-refractivity contribution in [1.82, 2.24) is 10.2 Å². The molecule has 1 amide bonds. The lowest BCUT2D eigenvalue weighted by Gasteiger charge is -2.26. The summed E-state index contributed by atoms with van der Waals surface area (Å²) in [6, 6.07) is 9.18. The minimum absolute atomic E-state index is 0.221. The number of hydrogen-bond donors (Lipinski definition) is 1. The van der Waals surface area contributed by atoms with E-state index in [9.17, 15) is 4.79 Å². The fraction of sp³-hybridized carbons (Fsp3) is 0.650. The van der Waals surface area contributed by atoms with Crippen molar-refractivity contribution in [1.29, 1.82) is 0 Å². The Hall–Kier alpha value is -1.55. The molecule has 1 atom stereocenters. The Bertz CT molecular complexity index is 540. The van der Waals surface area contributed by atoms with E-state index in [-0.39, 0.29) is 5.91 Å². The third kappa shape index (κ3) is 4.50. The molecular weight excluding hydrogens is 300 g/mol. The fourth-order valence-electron chi connectivity index (χ4n) is 4.11. The summed E-state index contributed by atoms with van der Waals surface area (Å²) in [5.41, 5.74) is 1.31. The van der Waals surface area contributed by atoms with Gasteiger partial charge in [-0.2, -0.15) is 0 Å². The van der Waals surface area contributed by atoms with Crippen molar-refractivity contribution >= 4 is 5.91 Å². The van der Waals surface area contributed by atoms with Crippen molar-refractivity contribution in [2.24, 2.45) is 0 Å². The summed E-state index contributed by atoms with van der Waals surface area (Å²) in [6.45, 7) is 1.93. The van der Waals surface area contributed by atoms with E-state index in [0.29, 0.717) is 18.5 Å². The quantitative estimate of drug-likeness (QED) is 0.865. The molecule has 0 radical (unpaired) electrons. The molecule has 0 spiro atoms. The third-order valence-corrected chi connectivity index (χ3v) is 5.44. The number of hydrogen-bond acceptors (Lipinski definition) is 3. The lowest BCUT2D eigenvalue weighted by atomic mass is 9.95. The number of carbonyl (C=O) groups excluding carboxylic acids is 1. The van der Waals surface area contributed by atoms with Gasteiger partial charge in [0.25, 0.3) is 0 Å². The zero-order valence-corrected chi connectivity index (χ0v) is 14.8. The molecule has 4 nitrogen and oxygen atoms in total. The topological polar surface area (TPSA) is 41.6 Å². The van der Waals surface area contributed by atoms with Gasteiger partial charge in [-0.25, -0.2) is 0 Å². The van der Waals surface area contributed by atoms with E-state index >= 15 is 0 Å². The molecule has 132 valence electrons. The van der Waals surface area contributed by atoms with Crippen molar-refractivity contribution in [3.05, 3.63) is 29.8 Å². The molecule has 0 bridgehead atoms. The van der Waals surface area contributed by atoms with Gasteiger partial charge in [0.15, 0.2) is 0 Å². The summed E-state index contributed by atoms with van der Waals surface area (Å²) >= 11 is 0. The molecule has 1 aliphatic heterocycles. The van der Waals surface area contributed by atoms with Crippen LogP contribution in [0.5, 0.6) is 5.75 Å². The second kappa shape index (κ2) is 8.52. The molecular formula is C20H30N2O2. The van der Waals surface area contributed by atoms with Crippen LogP contribution >= 0.6 is 0 Å². The lowest BCUT2D eigenvalue weighted by Crippen LogP contribution is -2.38. The Kier molecular flexibility index (Phi) is 6.13. The highest BCUT2D eigenvalue weighted by Crippen LogP contribution is 2.33. The number of amides is 1. The Labute approximate surface area is 145 Å². The first-order valence-corrected chi connectivity index (χ1v) is 9.43. The molecule has 24 heavy (non-hydrogen) atoms. The van der Waals surface area contributed by atoms with Gasteiger partial charge in [-0.1, -0.05) is 31.4 Å². The number of rotatable bonds is 6. The molecule has 1 saturated heterocycles. The smallest absolute Gasteiger partial charge is 0.221 e. The van der Waals surface area contributed by atoms with E-state index in [4.69, 9.17) is 4.74 Å².